The van der Waals surface area contributed by atoms with Crippen molar-refractivity contribution in [3.8, 4) is 0 Å². The van der Waals surface area contributed by atoms with E-state index in [9.17, 15) is 9.90 Å². The van der Waals surface area contributed by atoms with Crippen LogP contribution in [0, 0.1) is 0 Å². The van der Waals surface area contributed by atoms with Crippen LogP contribution in [-0.4, -0.2) is 62.0 Å². The minimum atomic E-state index is -0.997. The van der Waals surface area contributed by atoms with E-state index in [2.05, 4.69) is 9.64 Å². The van der Waals surface area contributed by atoms with Gasteiger partial charge in [0.05, 0.1) is 20.3 Å². The second-order valence-corrected chi connectivity index (χ2v) is 3.28. The summed E-state index contributed by atoms with van der Waals surface area (Å²) in [5, 5.41) is 9.32. The lowest BCUT2D eigenvalue weighted by Crippen LogP contribution is -2.38. The molecule has 0 saturated carbocycles. The van der Waals surface area contributed by atoms with Crippen LogP contribution in [0.3, 0.4) is 0 Å². The van der Waals surface area contributed by atoms with E-state index in [0.29, 0.717) is 13.0 Å². The number of aliphatic hydroxyl groups excluding tert-OH is 1. The number of hydrogen-bond acceptors (Lipinski definition) is 5. The van der Waals surface area contributed by atoms with Crippen LogP contribution in [0.15, 0.2) is 0 Å². The number of carbonyl (C=O) groups is 1. The Morgan fingerprint density at radius 2 is 2.21 bits per heavy atom. The Balaban J connectivity index is 2.15. The molecule has 0 spiro atoms. The molecule has 0 aliphatic carbocycles. The molecule has 1 unspecified atom stereocenters. The Morgan fingerprint density at radius 3 is 2.79 bits per heavy atom. The summed E-state index contributed by atoms with van der Waals surface area (Å²) in [6, 6.07) is 0. The third kappa shape index (κ3) is 3.61. The molecule has 1 N–H and O–H groups in total. The van der Waals surface area contributed by atoms with Crippen molar-refractivity contribution in [2.45, 2.75) is 12.5 Å². The summed E-state index contributed by atoms with van der Waals surface area (Å²) < 4.78 is 9.60. The van der Waals surface area contributed by atoms with Crippen LogP contribution in [-0.2, 0) is 14.3 Å². The normalized spacial score (nSPS) is 20.4. The van der Waals surface area contributed by atoms with E-state index in [1.54, 1.807) is 0 Å². The van der Waals surface area contributed by atoms with Gasteiger partial charge in [0, 0.05) is 19.6 Å². The first-order valence-corrected chi connectivity index (χ1v) is 4.80. The standard InChI is InChI=1S/C9H17NO4/c1-13-9(12)8(11)2-3-10-4-6-14-7-5-10/h8,11H,2-7H2,1H3. The van der Waals surface area contributed by atoms with Gasteiger partial charge in [0.1, 0.15) is 0 Å². The lowest BCUT2D eigenvalue weighted by Gasteiger charge is -2.26. The molecule has 0 radical (unpaired) electrons. The van der Waals surface area contributed by atoms with Crippen LogP contribution < -0.4 is 0 Å². The molecule has 0 aromatic heterocycles. The maximum absolute atomic E-state index is 10.9. The molecule has 82 valence electrons. The van der Waals surface area contributed by atoms with Crippen molar-refractivity contribution in [3.05, 3.63) is 0 Å². The summed E-state index contributed by atoms with van der Waals surface area (Å²) in [7, 11) is 1.28. The Labute approximate surface area is 83.6 Å². The fourth-order valence-electron chi connectivity index (χ4n) is 1.38. The molecule has 1 saturated heterocycles. The zero-order valence-corrected chi connectivity index (χ0v) is 8.44. The number of carbonyl (C=O) groups excluding carboxylic acids is 1. The first-order valence-electron chi connectivity index (χ1n) is 4.80. The summed E-state index contributed by atoms with van der Waals surface area (Å²) in [5.41, 5.74) is 0. The Bertz CT molecular complexity index is 180. The molecule has 1 atom stereocenters. The third-order valence-corrected chi connectivity index (χ3v) is 2.30. The molecule has 1 aliphatic rings. The SMILES string of the molecule is COC(=O)C(O)CCN1CCOCC1. The van der Waals surface area contributed by atoms with Gasteiger partial charge in [-0.1, -0.05) is 0 Å². The van der Waals surface area contributed by atoms with Gasteiger partial charge in [0.25, 0.3) is 0 Å². The number of aliphatic hydroxyl groups is 1. The topological polar surface area (TPSA) is 59.0 Å². The number of esters is 1. The minimum Gasteiger partial charge on any atom is -0.467 e. The number of hydrogen-bond donors (Lipinski definition) is 1. The molecule has 0 aromatic rings. The maximum atomic E-state index is 10.9. The molecule has 1 fully saturated rings. The molecule has 0 bridgehead atoms. The van der Waals surface area contributed by atoms with Crippen molar-refractivity contribution < 1.29 is 19.4 Å². The molecule has 5 heteroatoms. The molecule has 1 aliphatic heterocycles. The fourth-order valence-corrected chi connectivity index (χ4v) is 1.38. The minimum absolute atomic E-state index is 0.423. The van der Waals surface area contributed by atoms with E-state index < -0.39 is 12.1 Å². The average Bonchev–Trinajstić information content (AvgIpc) is 2.26. The number of morpholine rings is 1. The lowest BCUT2D eigenvalue weighted by molar-refractivity contribution is -0.150. The van der Waals surface area contributed by atoms with Gasteiger partial charge in [0.2, 0.25) is 0 Å². The van der Waals surface area contributed by atoms with Crippen molar-refractivity contribution in [2.24, 2.45) is 0 Å². The van der Waals surface area contributed by atoms with Gasteiger partial charge in [-0.05, 0) is 6.42 Å². The van der Waals surface area contributed by atoms with Crippen molar-refractivity contribution in [1.29, 1.82) is 0 Å². The fraction of sp³-hybridized carbons (Fsp3) is 0.889. The summed E-state index contributed by atoms with van der Waals surface area (Å²) in [6.07, 6.45) is -0.574. The van der Waals surface area contributed by atoms with Crippen molar-refractivity contribution in [3.63, 3.8) is 0 Å². The third-order valence-electron chi connectivity index (χ3n) is 2.30. The van der Waals surface area contributed by atoms with Gasteiger partial charge in [-0.2, -0.15) is 0 Å². The van der Waals surface area contributed by atoms with Crippen molar-refractivity contribution >= 4 is 5.97 Å². The number of nitrogens with zero attached hydrogens (tertiary/aromatic N) is 1. The van der Waals surface area contributed by atoms with Crippen LogP contribution in [0.25, 0.3) is 0 Å². The summed E-state index contributed by atoms with van der Waals surface area (Å²) >= 11 is 0. The van der Waals surface area contributed by atoms with E-state index in [1.165, 1.54) is 7.11 Å². The van der Waals surface area contributed by atoms with Crippen LogP contribution in [0.4, 0.5) is 0 Å². The predicted molar refractivity (Wildman–Crippen MR) is 49.9 cm³/mol. The zero-order chi connectivity index (χ0) is 10.4. The van der Waals surface area contributed by atoms with Gasteiger partial charge < -0.3 is 14.6 Å². The van der Waals surface area contributed by atoms with E-state index in [0.717, 1.165) is 26.3 Å². The quantitative estimate of drug-likeness (QED) is 0.609. The largest absolute Gasteiger partial charge is 0.467 e. The van der Waals surface area contributed by atoms with Crippen LogP contribution in [0.2, 0.25) is 0 Å². The van der Waals surface area contributed by atoms with Crippen LogP contribution in [0.1, 0.15) is 6.42 Å². The lowest BCUT2D eigenvalue weighted by atomic mass is 10.2. The Hall–Kier alpha value is -0.650. The molecule has 0 aromatic carbocycles. The summed E-state index contributed by atoms with van der Waals surface area (Å²) in [6.45, 7) is 3.91. The smallest absolute Gasteiger partial charge is 0.334 e. The average molecular weight is 203 g/mol. The highest BCUT2D eigenvalue weighted by Gasteiger charge is 2.17. The molecule has 14 heavy (non-hydrogen) atoms. The number of rotatable bonds is 4. The second-order valence-electron chi connectivity index (χ2n) is 3.28. The molecule has 1 rings (SSSR count). The molecule has 1 heterocycles. The van der Waals surface area contributed by atoms with Gasteiger partial charge in [0.15, 0.2) is 6.10 Å². The summed E-state index contributed by atoms with van der Waals surface area (Å²) in [4.78, 5) is 13.0. The highest BCUT2D eigenvalue weighted by molar-refractivity contribution is 5.74. The number of methoxy groups -OCH3 is 1. The second kappa shape index (κ2) is 5.95. The van der Waals surface area contributed by atoms with E-state index in [1.807, 2.05) is 0 Å². The predicted octanol–water partition coefficient (Wildman–Crippen LogP) is -0.757. The van der Waals surface area contributed by atoms with Crippen molar-refractivity contribution in [1.82, 2.24) is 4.90 Å². The highest BCUT2D eigenvalue weighted by Crippen LogP contribution is 2.01. The Kier molecular flexibility index (Phi) is 4.86. The van der Waals surface area contributed by atoms with Gasteiger partial charge >= 0.3 is 5.97 Å². The van der Waals surface area contributed by atoms with E-state index >= 15 is 0 Å². The van der Waals surface area contributed by atoms with Crippen LogP contribution >= 0.6 is 0 Å². The molecule has 5 nitrogen and oxygen atoms in total. The maximum Gasteiger partial charge on any atom is 0.334 e. The molecule has 0 amide bonds. The highest BCUT2D eigenvalue weighted by atomic mass is 16.5. The van der Waals surface area contributed by atoms with Gasteiger partial charge in [-0.25, -0.2) is 4.79 Å². The van der Waals surface area contributed by atoms with Gasteiger partial charge in [-0.15, -0.1) is 0 Å². The summed E-state index contributed by atoms with van der Waals surface area (Å²) in [5.74, 6) is -0.557. The zero-order valence-electron chi connectivity index (χ0n) is 8.44. The Morgan fingerprint density at radius 1 is 1.57 bits per heavy atom. The monoisotopic (exact) mass is 203 g/mol. The first-order chi connectivity index (χ1) is 6.74. The van der Waals surface area contributed by atoms with E-state index in [4.69, 9.17) is 4.74 Å². The number of ether oxygens (including phenoxy) is 2. The molecular weight excluding hydrogens is 186 g/mol. The molecular formula is C9H17NO4. The van der Waals surface area contributed by atoms with E-state index in [-0.39, 0.29) is 0 Å². The van der Waals surface area contributed by atoms with Gasteiger partial charge in [-0.3, -0.25) is 4.90 Å². The van der Waals surface area contributed by atoms with Crippen LogP contribution in [0.5, 0.6) is 0 Å². The van der Waals surface area contributed by atoms with Crippen molar-refractivity contribution in [2.75, 3.05) is 40.0 Å². The first kappa shape index (κ1) is 11.4.